The van der Waals surface area contributed by atoms with Crippen molar-refractivity contribution in [2.75, 3.05) is 13.2 Å². The van der Waals surface area contributed by atoms with Crippen LogP contribution in [-0.4, -0.2) is 30.1 Å². The number of hydrogen-bond donors (Lipinski definition) is 1. The predicted molar refractivity (Wildman–Crippen MR) is 81.5 cm³/mol. The van der Waals surface area contributed by atoms with E-state index in [1.165, 1.54) is 12.1 Å². The molecule has 1 atom stereocenters. The second-order valence-corrected chi connectivity index (χ2v) is 5.74. The molecule has 0 aromatic heterocycles. The quantitative estimate of drug-likeness (QED) is 0.833. The smallest absolute Gasteiger partial charge is 0.124 e. The molecular formula is C16H27FN2O. The average Bonchev–Trinajstić information content (AvgIpc) is 2.34. The number of ether oxygens (including phenoxy) is 1. The summed E-state index contributed by atoms with van der Waals surface area (Å²) in [6.07, 6.45) is 0. The van der Waals surface area contributed by atoms with Crippen LogP contribution < -0.4 is 10.5 Å². The van der Waals surface area contributed by atoms with Crippen molar-refractivity contribution < 1.29 is 9.13 Å². The van der Waals surface area contributed by atoms with Crippen molar-refractivity contribution in [3.05, 3.63) is 29.6 Å². The number of rotatable bonds is 7. The third-order valence-electron chi connectivity index (χ3n) is 3.40. The lowest BCUT2D eigenvalue weighted by atomic mass is 10.1. The van der Waals surface area contributed by atoms with Gasteiger partial charge in [0.1, 0.15) is 18.2 Å². The normalized spacial score (nSPS) is 13.3. The third-order valence-corrected chi connectivity index (χ3v) is 3.40. The number of halogens is 1. The van der Waals surface area contributed by atoms with Crippen molar-refractivity contribution in [1.82, 2.24) is 4.90 Å². The lowest BCUT2D eigenvalue weighted by molar-refractivity contribution is 0.141. The molecule has 1 unspecified atom stereocenters. The fraction of sp³-hybridized carbons (Fsp3) is 0.625. The van der Waals surface area contributed by atoms with Crippen molar-refractivity contribution >= 4 is 0 Å². The van der Waals surface area contributed by atoms with Crippen LogP contribution in [-0.2, 0) is 0 Å². The zero-order chi connectivity index (χ0) is 15.3. The first-order chi connectivity index (χ1) is 9.32. The topological polar surface area (TPSA) is 38.5 Å². The van der Waals surface area contributed by atoms with E-state index >= 15 is 0 Å². The Bertz CT molecular complexity index is 411. The van der Waals surface area contributed by atoms with Gasteiger partial charge in [0.15, 0.2) is 0 Å². The average molecular weight is 282 g/mol. The molecule has 0 bridgehead atoms. The molecule has 0 saturated carbocycles. The monoisotopic (exact) mass is 282 g/mol. The number of hydrogen-bond acceptors (Lipinski definition) is 3. The standard InChI is InChI=1S/C16H27FN2O/c1-11(2)19(12(3)4)8-9-20-16-7-6-14(17)10-15(16)13(5)18/h6-7,10-13H,8-9,18H2,1-5H3. The molecule has 0 aliphatic rings. The van der Waals surface area contributed by atoms with Gasteiger partial charge < -0.3 is 10.5 Å². The molecule has 3 nitrogen and oxygen atoms in total. The Balaban J connectivity index is 2.66. The highest BCUT2D eigenvalue weighted by molar-refractivity contribution is 5.36. The molecule has 0 heterocycles. The molecule has 0 radical (unpaired) electrons. The Morgan fingerprint density at radius 3 is 2.25 bits per heavy atom. The zero-order valence-electron chi connectivity index (χ0n) is 13.2. The summed E-state index contributed by atoms with van der Waals surface area (Å²) < 4.78 is 19.0. The summed E-state index contributed by atoms with van der Waals surface area (Å²) in [4.78, 5) is 2.36. The summed E-state index contributed by atoms with van der Waals surface area (Å²) in [7, 11) is 0. The highest BCUT2D eigenvalue weighted by Gasteiger charge is 2.14. The summed E-state index contributed by atoms with van der Waals surface area (Å²) in [5, 5.41) is 0. The van der Waals surface area contributed by atoms with Crippen LogP contribution in [0.3, 0.4) is 0 Å². The number of nitrogens with zero attached hydrogens (tertiary/aromatic N) is 1. The molecule has 0 fully saturated rings. The maximum absolute atomic E-state index is 13.3. The number of nitrogens with two attached hydrogens (primary N) is 1. The third kappa shape index (κ3) is 4.76. The van der Waals surface area contributed by atoms with Gasteiger partial charge in [0.25, 0.3) is 0 Å². The molecular weight excluding hydrogens is 255 g/mol. The van der Waals surface area contributed by atoms with Crippen molar-refractivity contribution in [1.29, 1.82) is 0 Å². The van der Waals surface area contributed by atoms with Crippen LogP contribution in [0.15, 0.2) is 18.2 Å². The van der Waals surface area contributed by atoms with Gasteiger partial charge in [-0.05, 0) is 52.8 Å². The van der Waals surface area contributed by atoms with E-state index in [9.17, 15) is 4.39 Å². The van der Waals surface area contributed by atoms with Crippen molar-refractivity contribution in [3.8, 4) is 5.75 Å². The van der Waals surface area contributed by atoms with Gasteiger partial charge in [-0.25, -0.2) is 4.39 Å². The molecule has 1 rings (SSSR count). The first-order valence-electron chi connectivity index (χ1n) is 7.26. The first-order valence-corrected chi connectivity index (χ1v) is 7.26. The molecule has 0 spiro atoms. The zero-order valence-corrected chi connectivity index (χ0v) is 13.2. The van der Waals surface area contributed by atoms with Gasteiger partial charge in [-0.1, -0.05) is 0 Å². The van der Waals surface area contributed by atoms with Crippen LogP contribution in [0, 0.1) is 5.82 Å². The van der Waals surface area contributed by atoms with Gasteiger partial charge in [-0.15, -0.1) is 0 Å². The fourth-order valence-electron chi connectivity index (χ4n) is 2.38. The van der Waals surface area contributed by atoms with E-state index in [2.05, 4.69) is 32.6 Å². The van der Waals surface area contributed by atoms with E-state index in [1.54, 1.807) is 6.07 Å². The fourth-order valence-corrected chi connectivity index (χ4v) is 2.38. The minimum atomic E-state index is -0.282. The summed E-state index contributed by atoms with van der Waals surface area (Å²) in [5.41, 5.74) is 6.57. The van der Waals surface area contributed by atoms with E-state index < -0.39 is 0 Å². The van der Waals surface area contributed by atoms with E-state index in [0.29, 0.717) is 30.0 Å². The lowest BCUT2D eigenvalue weighted by Gasteiger charge is -2.30. The summed E-state index contributed by atoms with van der Waals surface area (Å²) in [6, 6.07) is 5.21. The van der Waals surface area contributed by atoms with Crippen molar-refractivity contribution in [3.63, 3.8) is 0 Å². The highest BCUT2D eigenvalue weighted by atomic mass is 19.1. The molecule has 0 aliphatic heterocycles. The van der Waals surface area contributed by atoms with Crippen molar-refractivity contribution in [2.45, 2.75) is 52.7 Å². The van der Waals surface area contributed by atoms with Crippen LogP contribution in [0.4, 0.5) is 4.39 Å². The summed E-state index contributed by atoms with van der Waals surface area (Å²) in [6.45, 7) is 11.9. The second kappa shape index (κ2) is 7.60. The number of benzene rings is 1. The van der Waals surface area contributed by atoms with Crippen LogP contribution in [0.25, 0.3) is 0 Å². The molecule has 1 aromatic rings. The molecule has 114 valence electrons. The predicted octanol–water partition coefficient (Wildman–Crippen LogP) is 3.34. The maximum Gasteiger partial charge on any atom is 0.124 e. The van der Waals surface area contributed by atoms with Gasteiger partial charge in [0.2, 0.25) is 0 Å². The van der Waals surface area contributed by atoms with Crippen LogP contribution in [0.2, 0.25) is 0 Å². The van der Waals surface area contributed by atoms with Crippen molar-refractivity contribution in [2.24, 2.45) is 5.73 Å². The Kier molecular flexibility index (Phi) is 6.43. The molecule has 20 heavy (non-hydrogen) atoms. The van der Waals surface area contributed by atoms with Gasteiger partial charge in [0.05, 0.1) is 0 Å². The molecule has 0 aliphatic carbocycles. The highest BCUT2D eigenvalue weighted by Crippen LogP contribution is 2.24. The molecule has 1 aromatic carbocycles. The minimum absolute atomic E-state index is 0.244. The first kappa shape index (κ1) is 16.9. The largest absolute Gasteiger partial charge is 0.492 e. The minimum Gasteiger partial charge on any atom is -0.492 e. The van der Waals surface area contributed by atoms with Gasteiger partial charge >= 0.3 is 0 Å². The Morgan fingerprint density at radius 1 is 1.15 bits per heavy atom. The van der Waals surface area contributed by atoms with E-state index in [1.807, 2.05) is 6.92 Å². The van der Waals surface area contributed by atoms with Gasteiger partial charge in [-0.3, -0.25) is 4.90 Å². The Hall–Kier alpha value is -1.13. The van der Waals surface area contributed by atoms with Crippen LogP contribution >= 0.6 is 0 Å². The lowest BCUT2D eigenvalue weighted by Crippen LogP contribution is -2.39. The van der Waals surface area contributed by atoms with E-state index in [-0.39, 0.29) is 11.9 Å². The summed E-state index contributed by atoms with van der Waals surface area (Å²) in [5.74, 6) is 0.393. The molecule has 0 amide bonds. The Labute approximate surface area is 121 Å². The molecule has 2 N–H and O–H groups in total. The molecule has 0 saturated heterocycles. The van der Waals surface area contributed by atoms with Crippen LogP contribution in [0.1, 0.15) is 46.2 Å². The maximum atomic E-state index is 13.3. The van der Waals surface area contributed by atoms with Gasteiger partial charge in [-0.2, -0.15) is 0 Å². The SMILES string of the molecule is CC(N)c1cc(F)ccc1OCCN(C(C)C)C(C)C. The van der Waals surface area contributed by atoms with E-state index in [4.69, 9.17) is 10.5 Å². The van der Waals surface area contributed by atoms with Crippen LogP contribution in [0.5, 0.6) is 5.75 Å². The summed E-state index contributed by atoms with van der Waals surface area (Å²) >= 11 is 0. The molecule has 4 heteroatoms. The van der Waals surface area contributed by atoms with E-state index in [0.717, 1.165) is 6.54 Å². The second-order valence-electron chi connectivity index (χ2n) is 5.74. The van der Waals surface area contributed by atoms with Gasteiger partial charge in [0, 0.05) is 30.2 Å². The Morgan fingerprint density at radius 2 is 1.75 bits per heavy atom.